The zero-order valence-electron chi connectivity index (χ0n) is 16.1. The molecule has 2 aromatic rings. The molecule has 3 rings (SSSR count). The Morgan fingerprint density at radius 1 is 1.00 bits per heavy atom. The fraction of sp³-hybridized carbons (Fsp3) is 0.143. The van der Waals surface area contributed by atoms with Crippen molar-refractivity contribution in [1.29, 1.82) is 0 Å². The fourth-order valence-corrected chi connectivity index (χ4v) is 3.57. The normalized spacial score (nSPS) is 15.0. The summed E-state index contributed by atoms with van der Waals surface area (Å²) in [5.74, 6) is -1.81. The van der Waals surface area contributed by atoms with Crippen LogP contribution in [-0.4, -0.2) is 38.4 Å². The first-order valence-electron chi connectivity index (χ1n) is 8.48. The van der Waals surface area contributed by atoms with Gasteiger partial charge < -0.3 is 24.1 Å². The van der Waals surface area contributed by atoms with Crippen LogP contribution < -0.4 is 9.47 Å². The summed E-state index contributed by atoms with van der Waals surface area (Å²) < 4.78 is 20.2. The molecule has 2 aromatic carbocycles. The van der Waals surface area contributed by atoms with Gasteiger partial charge in [0.2, 0.25) is 0 Å². The predicted octanol–water partition coefficient (Wildman–Crippen LogP) is 4.42. The average molecular weight is 451 g/mol. The SMILES string of the molecule is COC(=O)/C(=C1/OC(=O)C(c2ccc(OC)cc2)=C1O)c1cc(Cl)c(OC)c(Cl)c1. The van der Waals surface area contributed by atoms with Crippen LogP contribution in [0.4, 0.5) is 0 Å². The second kappa shape index (κ2) is 8.69. The summed E-state index contributed by atoms with van der Waals surface area (Å²) in [6, 6.07) is 9.17. The minimum atomic E-state index is -0.863. The molecule has 30 heavy (non-hydrogen) atoms. The molecular weight excluding hydrogens is 435 g/mol. The van der Waals surface area contributed by atoms with Crippen LogP contribution in [0.15, 0.2) is 47.9 Å². The number of ether oxygens (including phenoxy) is 4. The van der Waals surface area contributed by atoms with Gasteiger partial charge in [0.05, 0.1) is 31.4 Å². The van der Waals surface area contributed by atoms with Gasteiger partial charge in [-0.15, -0.1) is 0 Å². The molecule has 0 saturated heterocycles. The van der Waals surface area contributed by atoms with Gasteiger partial charge in [0, 0.05) is 0 Å². The second-order valence-corrected chi connectivity index (χ2v) is 6.82. The van der Waals surface area contributed by atoms with Crippen LogP contribution in [0.3, 0.4) is 0 Å². The first-order chi connectivity index (χ1) is 14.3. The van der Waals surface area contributed by atoms with E-state index in [4.69, 9.17) is 42.1 Å². The van der Waals surface area contributed by atoms with Crippen molar-refractivity contribution in [3.8, 4) is 11.5 Å². The van der Waals surface area contributed by atoms with Crippen LogP contribution >= 0.6 is 23.2 Å². The molecule has 0 aromatic heterocycles. The van der Waals surface area contributed by atoms with E-state index in [0.29, 0.717) is 11.3 Å². The Bertz CT molecular complexity index is 1060. The average Bonchev–Trinajstić information content (AvgIpc) is 3.01. The maximum absolute atomic E-state index is 12.5. The number of carbonyl (C=O) groups is 2. The molecule has 1 heterocycles. The van der Waals surface area contributed by atoms with Gasteiger partial charge in [0.15, 0.2) is 17.3 Å². The smallest absolute Gasteiger partial charge is 0.348 e. The number of hydrogen-bond donors (Lipinski definition) is 1. The third-order valence-electron chi connectivity index (χ3n) is 4.34. The van der Waals surface area contributed by atoms with E-state index in [2.05, 4.69) is 0 Å². The van der Waals surface area contributed by atoms with E-state index >= 15 is 0 Å². The van der Waals surface area contributed by atoms with Gasteiger partial charge in [-0.05, 0) is 35.4 Å². The van der Waals surface area contributed by atoms with Gasteiger partial charge in [0.1, 0.15) is 16.9 Å². The van der Waals surface area contributed by atoms with Crippen molar-refractivity contribution < 1.29 is 33.6 Å². The van der Waals surface area contributed by atoms with Crippen molar-refractivity contribution in [2.75, 3.05) is 21.3 Å². The lowest BCUT2D eigenvalue weighted by Gasteiger charge is -2.12. The van der Waals surface area contributed by atoms with Crippen molar-refractivity contribution in [2.24, 2.45) is 0 Å². The number of aliphatic hydroxyl groups excluding tert-OH is 1. The molecule has 1 aliphatic rings. The second-order valence-electron chi connectivity index (χ2n) is 6.01. The van der Waals surface area contributed by atoms with Crippen LogP contribution in [0.2, 0.25) is 10.0 Å². The third kappa shape index (κ3) is 3.81. The highest BCUT2D eigenvalue weighted by Gasteiger charge is 2.36. The van der Waals surface area contributed by atoms with Gasteiger partial charge in [-0.25, -0.2) is 9.59 Å². The van der Waals surface area contributed by atoms with E-state index in [-0.39, 0.29) is 38.3 Å². The van der Waals surface area contributed by atoms with E-state index in [0.717, 1.165) is 7.11 Å². The number of carbonyl (C=O) groups excluding carboxylic acids is 2. The largest absolute Gasteiger partial charge is 0.504 e. The van der Waals surface area contributed by atoms with E-state index in [1.54, 1.807) is 24.3 Å². The van der Waals surface area contributed by atoms with Gasteiger partial charge in [-0.2, -0.15) is 0 Å². The molecule has 0 fully saturated rings. The van der Waals surface area contributed by atoms with E-state index < -0.39 is 17.7 Å². The summed E-state index contributed by atoms with van der Waals surface area (Å²) in [6.07, 6.45) is 0. The number of hydrogen-bond acceptors (Lipinski definition) is 7. The first kappa shape index (κ1) is 21.5. The Labute approximate surface area is 182 Å². The Hall–Kier alpha value is -3.16. The molecule has 0 aliphatic carbocycles. The molecule has 0 unspecified atom stereocenters. The molecule has 156 valence electrons. The van der Waals surface area contributed by atoms with Crippen LogP contribution in [0, 0.1) is 0 Å². The molecule has 0 spiro atoms. The number of cyclic esters (lactones) is 1. The summed E-state index contributed by atoms with van der Waals surface area (Å²) >= 11 is 12.3. The summed E-state index contributed by atoms with van der Waals surface area (Å²) in [5, 5.41) is 11.0. The number of methoxy groups -OCH3 is 3. The van der Waals surface area contributed by atoms with Crippen molar-refractivity contribution >= 4 is 46.3 Å². The number of rotatable bonds is 5. The van der Waals surface area contributed by atoms with Gasteiger partial charge in [-0.3, -0.25) is 0 Å². The predicted molar refractivity (Wildman–Crippen MR) is 111 cm³/mol. The number of aliphatic hydroxyl groups is 1. The third-order valence-corrected chi connectivity index (χ3v) is 4.90. The standard InChI is InChI=1S/C21H16Cl2O7/c1-27-12-6-4-10(5-7-12)15-17(24)19(30-21(15)26)16(20(25)29-3)11-8-13(22)18(28-2)14(23)9-11/h4-9,24H,1-3H3/b19-16+. The van der Waals surface area contributed by atoms with Gasteiger partial charge >= 0.3 is 11.9 Å². The van der Waals surface area contributed by atoms with E-state index in [9.17, 15) is 14.7 Å². The number of benzene rings is 2. The molecule has 0 amide bonds. The summed E-state index contributed by atoms with van der Waals surface area (Å²) in [5.41, 5.74) is 0.212. The van der Waals surface area contributed by atoms with Crippen LogP contribution in [0.25, 0.3) is 11.1 Å². The number of esters is 2. The van der Waals surface area contributed by atoms with E-state index in [1.165, 1.54) is 26.4 Å². The molecule has 0 saturated carbocycles. The minimum absolute atomic E-state index is 0.111. The topological polar surface area (TPSA) is 91.3 Å². The van der Waals surface area contributed by atoms with Crippen molar-refractivity contribution in [3.05, 3.63) is 69.1 Å². The monoisotopic (exact) mass is 450 g/mol. The molecular formula is C21H16Cl2O7. The maximum atomic E-state index is 12.5. The van der Waals surface area contributed by atoms with E-state index in [1.807, 2.05) is 0 Å². The highest BCUT2D eigenvalue weighted by atomic mass is 35.5. The quantitative estimate of drug-likeness (QED) is 0.532. The molecule has 1 aliphatic heterocycles. The molecule has 0 radical (unpaired) electrons. The lowest BCUT2D eigenvalue weighted by molar-refractivity contribution is -0.134. The molecule has 0 bridgehead atoms. The van der Waals surface area contributed by atoms with Gasteiger partial charge in [-0.1, -0.05) is 35.3 Å². The lowest BCUT2D eigenvalue weighted by atomic mass is 10.0. The summed E-state index contributed by atoms with van der Waals surface area (Å²) in [6.45, 7) is 0. The Morgan fingerprint density at radius 3 is 2.10 bits per heavy atom. The highest BCUT2D eigenvalue weighted by molar-refractivity contribution is 6.38. The zero-order chi connectivity index (χ0) is 22.0. The Kier molecular flexibility index (Phi) is 6.24. The molecule has 1 N–H and O–H groups in total. The highest BCUT2D eigenvalue weighted by Crippen LogP contribution is 2.40. The summed E-state index contributed by atoms with van der Waals surface area (Å²) in [7, 11) is 4.04. The zero-order valence-corrected chi connectivity index (χ0v) is 17.6. The fourth-order valence-electron chi connectivity index (χ4n) is 2.93. The minimum Gasteiger partial charge on any atom is -0.504 e. The van der Waals surface area contributed by atoms with Crippen molar-refractivity contribution in [2.45, 2.75) is 0 Å². The van der Waals surface area contributed by atoms with Crippen molar-refractivity contribution in [3.63, 3.8) is 0 Å². The van der Waals surface area contributed by atoms with Gasteiger partial charge in [0.25, 0.3) is 0 Å². The molecule has 9 heteroatoms. The van der Waals surface area contributed by atoms with Crippen LogP contribution in [-0.2, 0) is 19.1 Å². The van der Waals surface area contributed by atoms with Crippen LogP contribution in [0.5, 0.6) is 11.5 Å². The summed E-state index contributed by atoms with van der Waals surface area (Å²) in [4.78, 5) is 25.0. The van der Waals surface area contributed by atoms with Crippen LogP contribution in [0.1, 0.15) is 11.1 Å². The Morgan fingerprint density at radius 2 is 1.60 bits per heavy atom. The first-order valence-corrected chi connectivity index (χ1v) is 9.24. The Balaban J connectivity index is 2.22. The lowest BCUT2D eigenvalue weighted by Crippen LogP contribution is -2.09. The molecule has 7 nitrogen and oxygen atoms in total. The number of halogens is 2. The van der Waals surface area contributed by atoms with Crippen molar-refractivity contribution in [1.82, 2.24) is 0 Å². The molecule has 0 atom stereocenters. The maximum Gasteiger partial charge on any atom is 0.348 e.